The lowest BCUT2D eigenvalue weighted by atomic mass is 9.67. The second kappa shape index (κ2) is 16.2. The first-order valence-electron chi connectivity index (χ1n) is 23.4. The summed E-state index contributed by atoms with van der Waals surface area (Å²) in [5.41, 5.74) is 16.8. The maximum absolute atomic E-state index is 2.52. The number of fused-ring (bicyclic) bond motifs is 8. The van der Waals surface area contributed by atoms with E-state index in [4.69, 9.17) is 0 Å². The monoisotopic (exact) mass is 867 g/mol. The zero-order chi connectivity index (χ0) is 45.0. The summed E-state index contributed by atoms with van der Waals surface area (Å²) in [4.78, 5) is 4.82. The molecule has 12 aromatic rings. The van der Waals surface area contributed by atoms with Crippen LogP contribution in [-0.4, -0.2) is 4.57 Å². The van der Waals surface area contributed by atoms with Crippen molar-refractivity contribution in [3.8, 4) is 16.8 Å². The Balaban J connectivity index is 1.17. The van der Waals surface area contributed by atoms with E-state index in [1.165, 1.54) is 54.9 Å². The average molecular weight is 868 g/mol. The van der Waals surface area contributed by atoms with Crippen LogP contribution < -0.4 is 9.80 Å². The number of benzene rings is 11. The van der Waals surface area contributed by atoms with Crippen LogP contribution in [0.5, 0.6) is 0 Å². The van der Waals surface area contributed by atoms with E-state index in [1.807, 2.05) is 0 Å². The van der Waals surface area contributed by atoms with Gasteiger partial charge >= 0.3 is 0 Å². The van der Waals surface area contributed by atoms with Gasteiger partial charge in [0, 0.05) is 39.2 Å². The second-order valence-electron chi connectivity index (χ2n) is 17.6. The summed E-state index contributed by atoms with van der Waals surface area (Å²) >= 11 is 0. The molecule has 13 rings (SSSR count). The largest absolute Gasteiger partial charge is 0.310 e. The van der Waals surface area contributed by atoms with Gasteiger partial charge in [0.25, 0.3) is 0 Å². The summed E-state index contributed by atoms with van der Waals surface area (Å²) in [6, 6.07) is 99.9. The summed E-state index contributed by atoms with van der Waals surface area (Å²) in [6.45, 7) is 0. The number of hydrogen-bond acceptors (Lipinski definition) is 2. The number of rotatable bonds is 9. The molecule has 1 aliphatic carbocycles. The van der Waals surface area contributed by atoms with Gasteiger partial charge in [-0.05, 0) is 123 Å². The van der Waals surface area contributed by atoms with Crippen LogP contribution in [0.15, 0.2) is 273 Å². The minimum absolute atomic E-state index is 0.586. The highest BCUT2D eigenvalue weighted by Crippen LogP contribution is 2.58. The van der Waals surface area contributed by atoms with Crippen molar-refractivity contribution in [2.75, 3.05) is 9.80 Å². The molecule has 1 aromatic heterocycles. The fraction of sp³-hybridized carbons (Fsp3) is 0.0154. The molecule has 1 heterocycles. The van der Waals surface area contributed by atoms with Crippen LogP contribution in [0.2, 0.25) is 0 Å². The Labute approximate surface area is 396 Å². The molecule has 0 saturated heterocycles. The molecule has 68 heavy (non-hydrogen) atoms. The van der Waals surface area contributed by atoms with Gasteiger partial charge in [-0.2, -0.15) is 0 Å². The summed E-state index contributed by atoms with van der Waals surface area (Å²) in [5, 5.41) is 4.86. The van der Waals surface area contributed by atoms with E-state index in [1.54, 1.807) is 0 Å². The standard InChI is InChI=1S/C65H45N3/c1-7-24-47(25-8-1)65(48-26-9-2-10-27-48)58-42-39-46-23-19-20-36-55(46)63(58)56-41-40-53(43-59(56)65)68-60-38-22-21-37-57(60)64-61(67(51-32-15-5-16-33-51)52-34-17-6-18-35-52)44-54(45-62(64)68)66(49-28-11-3-12-29-49)50-30-13-4-14-31-50/h1-45H. The molecule has 320 valence electrons. The minimum Gasteiger partial charge on any atom is -0.310 e. The van der Waals surface area contributed by atoms with Crippen LogP contribution in [0.4, 0.5) is 34.1 Å². The topological polar surface area (TPSA) is 11.4 Å². The molecular weight excluding hydrogens is 823 g/mol. The molecule has 0 fully saturated rings. The van der Waals surface area contributed by atoms with E-state index in [0.717, 1.165) is 50.8 Å². The van der Waals surface area contributed by atoms with Gasteiger partial charge < -0.3 is 14.4 Å². The number of aromatic nitrogens is 1. The van der Waals surface area contributed by atoms with Crippen molar-refractivity contribution in [1.82, 2.24) is 4.57 Å². The Morgan fingerprint density at radius 3 is 1.38 bits per heavy atom. The van der Waals surface area contributed by atoms with Gasteiger partial charge in [0.15, 0.2) is 0 Å². The number of para-hydroxylation sites is 5. The van der Waals surface area contributed by atoms with Gasteiger partial charge in [-0.25, -0.2) is 0 Å². The lowest BCUT2D eigenvalue weighted by molar-refractivity contribution is 0.768. The summed E-state index contributed by atoms with van der Waals surface area (Å²) in [7, 11) is 0. The molecule has 3 heteroatoms. The van der Waals surface area contributed by atoms with Gasteiger partial charge in [0.05, 0.1) is 27.8 Å². The molecule has 1 aliphatic rings. The zero-order valence-electron chi connectivity index (χ0n) is 37.3. The van der Waals surface area contributed by atoms with E-state index in [-0.39, 0.29) is 0 Å². The van der Waals surface area contributed by atoms with Crippen LogP contribution in [0, 0.1) is 0 Å². The first-order valence-corrected chi connectivity index (χ1v) is 23.4. The average Bonchev–Trinajstić information content (AvgIpc) is 3.91. The van der Waals surface area contributed by atoms with E-state index in [9.17, 15) is 0 Å². The molecule has 0 bridgehead atoms. The van der Waals surface area contributed by atoms with Crippen molar-refractivity contribution >= 4 is 66.7 Å². The Hall–Kier alpha value is -8.92. The van der Waals surface area contributed by atoms with E-state index in [2.05, 4.69) is 287 Å². The predicted molar refractivity (Wildman–Crippen MR) is 285 cm³/mol. The maximum atomic E-state index is 2.52. The summed E-state index contributed by atoms with van der Waals surface area (Å²) < 4.78 is 2.52. The minimum atomic E-state index is -0.586. The van der Waals surface area contributed by atoms with Gasteiger partial charge in [-0.1, -0.05) is 194 Å². The molecule has 0 saturated carbocycles. The summed E-state index contributed by atoms with van der Waals surface area (Å²) in [6.07, 6.45) is 0. The molecule has 3 nitrogen and oxygen atoms in total. The smallest absolute Gasteiger partial charge is 0.0714 e. The van der Waals surface area contributed by atoms with E-state index < -0.39 is 5.41 Å². The third-order valence-electron chi connectivity index (χ3n) is 14.0. The third kappa shape index (κ3) is 6.13. The highest BCUT2D eigenvalue weighted by Gasteiger charge is 2.47. The van der Waals surface area contributed by atoms with Crippen molar-refractivity contribution in [2.45, 2.75) is 5.41 Å². The highest BCUT2D eigenvalue weighted by molar-refractivity contribution is 6.18. The highest BCUT2D eigenvalue weighted by atomic mass is 15.2. The van der Waals surface area contributed by atoms with Crippen LogP contribution >= 0.6 is 0 Å². The zero-order valence-corrected chi connectivity index (χ0v) is 37.3. The summed E-state index contributed by atoms with van der Waals surface area (Å²) in [5.74, 6) is 0. The van der Waals surface area contributed by atoms with Crippen molar-refractivity contribution in [1.29, 1.82) is 0 Å². The third-order valence-corrected chi connectivity index (χ3v) is 14.0. The van der Waals surface area contributed by atoms with Crippen molar-refractivity contribution in [3.63, 3.8) is 0 Å². The fourth-order valence-corrected chi connectivity index (χ4v) is 11.2. The van der Waals surface area contributed by atoms with Crippen molar-refractivity contribution in [2.24, 2.45) is 0 Å². The van der Waals surface area contributed by atoms with Gasteiger partial charge in [-0.3, -0.25) is 0 Å². The lowest BCUT2D eigenvalue weighted by Gasteiger charge is -2.34. The number of nitrogens with zero attached hydrogens (tertiary/aromatic N) is 3. The molecule has 0 aliphatic heterocycles. The molecule has 0 spiro atoms. The van der Waals surface area contributed by atoms with Crippen LogP contribution in [0.25, 0.3) is 49.4 Å². The molecule has 0 unspecified atom stereocenters. The quantitative estimate of drug-likeness (QED) is 0.143. The normalized spacial score (nSPS) is 12.5. The molecule has 0 N–H and O–H groups in total. The Kier molecular flexibility index (Phi) is 9.40. The lowest BCUT2D eigenvalue weighted by Crippen LogP contribution is -2.28. The van der Waals surface area contributed by atoms with E-state index >= 15 is 0 Å². The van der Waals surface area contributed by atoms with Gasteiger partial charge in [0.2, 0.25) is 0 Å². The van der Waals surface area contributed by atoms with Crippen molar-refractivity contribution < 1.29 is 0 Å². The van der Waals surface area contributed by atoms with Gasteiger partial charge in [0.1, 0.15) is 0 Å². The van der Waals surface area contributed by atoms with Crippen LogP contribution in [0.3, 0.4) is 0 Å². The first-order chi connectivity index (χ1) is 33.8. The molecular formula is C65H45N3. The van der Waals surface area contributed by atoms with Crippen molar-refractivity contribution in [3.05, 3.63) is 295 Å². The Bertz CT molecular complexity index is 3660. The van der Waals surface area contributed by atoms with E-state index in [0.29, 0.717) is 0 Å². The molecule has 0 atom stereocenters. The maximum Gasteiger partial charge on any atom is 0.0714 e. The number of hydrogen-bond donors (Lipinski definition) is 0. The van der Waals surface area contributed by atoms with Crippen LogP contribution in [-0.2, 0) is 5.41 Å². The second-order valence-corrected chi connectivity index (χ2v) is 17.6. The van der Waals surface area contributed by atoms with Crippen LogP contribution in [0.1, 0.15) is 22.3 Å². The van der Waals surface area contributed by atoms with Gasteiger partial charge in [-0.15, -0.1) is 0 Å². The first kappa shape index (κ1) is 39.4. The SMILES string of the molecule is c1ccc(N(c2ccccc2)c2cc(N(c3ccccc3)c3ccccc3)c3c4ccccc4n(-c4ccc5c(c4)C(c4ccccc4)(c4ccccc4)c4ccc6ccccc6c4-5)c3c2)cc1. The molecule has 0 amide bonds. The fourth-order valence-electron chi connectivity index (χ4n) is 11.2. The number of anilines is 6. The predicted octanol–water partition coefficient (Wildman–Crippen LogP) is 17.2. The Morgan fingerprint density at radius 1 is 0.324 bits per heavy atom. The molecule has 0 radical (unpaired) electrons. The Morgan fingerprint density at radius 2 is 0.809 bits per heavy atom. The molecule has 11 aromatic carbocycles.